The zero-order chi connectivity index (χ0) is 16.3. The van der Waals surface area contributed by atoms with Crippen LogP contribution in [0.15, 0.2) is 40.5 Å². The first-order valence-corrected chi connectivity index (χ1v) is 6.93. The number of guanidine groups is 1. The third-order valence-corrected chi connectivity index (χ3v) is 3.59. The molecule has 0 unspecified atom stereocenters. The van der Waals surface area contributed by atoms with E-state index in [9.17, 15) is 9.59 Å². The molecule has 0 aromatic heterocycles. The fourth-order valence-corrected chi connectivity index (χ4v) is 2.37. The fourth-order valence-electron chi connectivity index (χ4n) is 2.37. The molecule has 114 valence electrons. The molecular weight excluding hydrogens is 280 g/mol. The van der Waals surface area contributed by atoms with Gasteiger partial charge in [-0.1, -0.05) is 24.3 Å². The number of ketones is 2. The summed E-state index contributed by atoms with van der Waals surface area (Å²) in [4.78, 5) is 24.9. The number of hydrogen-bond acceptors (Lipinski definition) is 4. The van der Waals surface area contributed by atoms with Crippen molar-refractivity contribution in [2.75, 3.05) is 0 Å². The fraction of sp³-hybridized carbons (Fsp3) is 0.250. The minimum atomic E-state index is -0.243. The number of nitrogens with one attached hydrogen (secondary N) is 2. The van der Waals surface area contributed by atoms with Gasteiger partial charge in [0.2, 0.25) is 5.96 Å². The molecule has 1 aromatic rings. The van der Waals surface area contributed by atoms with Gasteiger partial charge in [0.05, 0.1) is 0 Å². The molecule has 0 saturated carbocycles. The van der Waals surface area contributed by atoms with Gasteiger partial charge in [-0.25, -0.2) is 5.43 Å². The van der Waals surface area contributed by atoms with Gasteiger partial charge >= 0.3 is 0 Å². The normalized spacial score (nSPS) is 14.9. The van der Waals surface area contributed by atoms with E-state index in [0.717, 1.165) is 0 Å². The molecule has 22 heavy (non-hydrogen) atoms. The summed E-state index contributed by atoms with van der Waals surface area (Å²) in [5.74, 6) is -0.436. The Morgan fingerprint density at radius 3 is 2.41 bits per heavy atom. The second kappa shape index (κ2) is 6.34. The minimum Gasteiger partial charge on any atom is -0.369 e. The predicted octanol–water partition coefficient (Wildman–Crippen LogP) is 2.02. The van der Waals surface area contributed by atoms with Crippen LogP contribution in [0.4, 0.5) is 0 Å². The van der Waals surface area contributed by atoms with Gasteiger partial charge < -0.3 is 5.73 Å². The molecule has 0 atom stereocenters. The number of benzene rings is 1. The summed E-state index contributed by atoms with van der Waals surface area (Å²) >= 11 is 0. The van der Waals surface area contributed by atoms with Gasteiger partial charge in [0.25, 0.3) is 0 Å². The van der Waals surface area contributed by atoms with E-state index in [1.165, 1.54) is 0 Å². The monoisotopic (exact) mass is 298 g/mol. The van der Waals surface area contributed by atoms with E-state index < -0.39 is 0 Å². The van der Waals surface area contributed by atoms with Crippen molar-refractivity contribution >= 4 is 23.2 Å². The molecule has 6 nitrogen and oxygen atoms in total. The number of nitrogens with zero attached hydrogens (tertiary/aromatic N) is 1. The molecule has 0 amide bonds. The highest BCUT2D eigenvalue weighted by atomic mass is 16.1. The van der Waals surface area contributed by atoms with Gasteiger partial charge in [-0.15, -0.1) is 0 Å². The number of fused-ring (bicyclic) bond motifs is 1. The van der Waals surface area contributed by atoms with Crippen LogP contribution < -0.4 is 11.2 Å². The smallest absolute Gasteiger partial charge is 0.206 e. The van der Waals surface area contributed by atoms with Crippen molar-refractivity contribution in [3.8, 4) is 0 Å². The number of hydrogen-bond donors (Lipinski definition) is 3. The van der Waals surface area contributed by atoms with Crippen LogP contribution >= 0.6 is 0 Å². The highest BCUT2D eigenvalue weighted by Crippen LogP contribution is 2.28. The van der Waals surface area contributed by atoms with Crippen molar-refractivity contribution in [3.63, 3.8) is 0 Å². The van der Waals surface area contributed by atoms with E-state index in [1.54, 1.807) is 38.1 Å². The van der Waals surface area contributed by atoms with Crippen molar-refractivity contribution in [1.29, 1.82) is 5.41 Å². The van der Waals surface area contributed by atoms with Crippen molar-refractivity contribution in [1.82, 2.24) is 5.43 Å². The largest absolute Gasteiger partial charge is 0.369 e. The Labute approximate surface area is 128 Å². The molecule has 0 radical (unpaired) electrons. The van der Waals surface area contributed by atoms with Gasteiger partial charge in [-0.2, -0.15) is 5.10 Å². The van der Waals surface area contributed by atoms with Gasteiger partial charge in [-0.3, -0.25) is 15.0 Å². The molecule has 0 aliphatic heterocycles. The summed E-state index contributed by atoms with van der Waals surface area (Å²) in [6.45, 7) is 3.46. The molecule has 6 heteroatoms. The Morgan fingerprint density at radius 1 is 1.23 bits per heavy atom. The number of carbonyl (C=O) groups excluding carboxylic acids is 2. The topological polar surface area (TPSA) is 108 Å². The molecule has 0 saturated heterocycles. The summed E-state index contributed by atoms with van der Waals surface area (Å²) in [5, 5.41) is 11.0. The van der Waals surface area contributed by atoms with Crippen LogP contribution in [-0.2, 0) is 0 Å². The van der Waals surface area contributed by atoms with Crippen LogP contribution in [0, 0.1) is 5.41 Å². The zero-order valence-electron chi connectivity index (χ0n) is 12.6. The summed E-state index contributed by atoms with van der Waals surface area (Å²) in [5.41, 5.74) is 10.2. The predicted molar refractivity (Wildman–Crippen MR) is 85.2 cm³/mol. The van der Waals surface area contributed by atoms with Crippen molar-refractivity contribution in [3.05, 3.63) is 46.5 Å². The second-order valence-electron chi connectivity index (χ2n) is 5.18. The van der Waals surface area contributed by atoms with Gasteiger partial charge in [-0.05, 0) is 26.7 Å². The second-order valence-corrected chi connectivity index (χ2v) is 5.18. The van der Waals surface area contributed by atoms with Crippen LogP contribution in [0.1, 0.15) is 47.4 Å². The summed E-state index contributed by atoms with van der Waals surface area (Å²) in [6.07, 6.45) is 0.938. The first kappa shape index (κ1) is 15.6. The first-order chi connectivity index (χ1) is 10.4. The average Bonchev–Trinajstić information content (AvgIpc) is 2.50. The number of Topliss-reactive ketones (excluding diaryl/α,β-unsaturated/α-hetero) is 2. The highest BCUT2D eigenvalue weighted by Gasteiger charge is 2.28. The summed E-state index contributed by atoms with van der Waals surface area (Å²) in [7, 11) is 0. The lowest BCUT2D eigenvalue weighted by atomic mass is 9.83. The van der Waals surface area contributed by atoms with Crippen LogP contribution in [0.25, 0.3) is 0 Å². The van der Waals surface area contributed by atoms with Crippen molar-refractivity contribution in [2.24, 2.45) is 10.8 Å². The van der Waals surface area contributed by atoms with Gasteiger partial charge in [0, 0.05) is 28.0 Å². The van der Waals surface area contributed by atoms with Crippen LogP contribution in [0.3, 0.4) is 0 Å². The minimum absolute atomic E-state index is 0.0957. The first-order valence-electron chi connectivity index (χ1n) is 6.93. The Hall–Kier alpha value is -2.76. The van der Waals surface area contributed by atoms with Gasteiger partial charge in [0.1, 0.15) is 0 Å². The maximum Gasteiger partial charge on any atom is 0.206 e. The Morgan fingerprint density at radius 2 is 1.82 bits per heavy atom. The van der Waals surface area contributed by atoms with E-state index in [0.29, 0.717) is 40.8 Å². The molecule has 4 N–H and O–H groups in total. The zero-order valence-corrected chi connectivity index (χ0v) is 12.6. The standard InChI is InChI=1S/C16H18N4O2/c1-9(19-20-16(17)18)7-8-11-10(2)14(21)12-5-3-4-6-13(12)15(11)22/h3-6H,7-8H2,1-2H3,(H4,17,18,20)/b19-9+. The maximum absolute atomic E-state index is 12.5. The molecule has 0 bridgehead atoms. The lowest BCUT2D eigenvalue weighted by molar-refractivity contribution is 0.0972. The number of hydrazone groups is 1. The van der Waals surface area contributed by atoms with E-state index >= 15 is 0 Å². The molecule has 0 spiro atoms. The Bertz CT molecular complexity index is 717. The van der Waals surface area contributed by atoms with E-state index in [2.05, 4.69) is 10.5 Å². The molecule has 2 rings (SSSR count). The number of nitrogens with two attached hydrogens (primary N) is 1. The highest BCUT2D eigenvalue weighted by molar-refractivity contribution is 6.26. The Kier molecular flexibility index (Phi) is 4.50. The lowest BCUT2D eigenvalue weighted by Gasteiger charge is -2.18. The van der Waals surface area contributed by atoms with Crippen LogP contribution in [-0.4, -0.2) is 23.2 Å². The summed E-state index contributed by atoms with van der Waals surface area (Å²) < 4.78 is 0. The van der Waals surface area contributed by atoms with E-state index in [4.69, 9.17) is 11.1 Å². The Balaban J connectivity index is 2.20. The van der Waals surface area contributed by atoms with Crippen molar-refractivity contribution in [2.45, 2.75) is 26.7 Å². The quantitative estimate of drug-likeness (QED) is 0.449. The third-order valence-electron chi connectivity index (χ3n) is 3.59. The number of rotatable bonds is 4. The van der Waals surface area contributed by atoms with Crippen LogP contribution in [0.2, 0.25) is 0 Å². The SMILES string of the molecule is CC1=C(CC/C(C)=N/NC(=N)N)C(=O)c2ccccc2C1=O. The van der Waals surface area contributed by atoms with E-state index in [-0.39, 0.29) is 17.5 Å². The molecule has 1 aliphatic carbocycles. The molecule has 1 aliphatic rings. The lowest BCUT2D eigenvalue weighted by Crippen LogP contribution is -2.26. The number of carbonyl (C=O) groups is 2. The molecular formula is C16H18N4O2. The average molecular weight is 298 g/mol. The van der Waals surface area contributed by atoms with Gasteiger partial charge in [0.15, 0.2) is 11.6 Å². The third kappa shape index (κ3) is 3.11. The van der Waals surface area contributed by atoms with Crippen molar-refractivity contribution < 1.29 is 9.59 Å². The number of allylic oxidation sites excluding steroid dienone is 2. The maximum atomic E-state index is 12.5. The molecule has 0 fully saturated rings. The van der Waals surface area contributed by atoms with Crippen LogP contribution in [0.5, 0.6) is 0 Å². The van der Waals surface area contributed by atoms with E-state index in [1.807, 2.05) is 0 Å². The summed E-state index contributed by atoms with van der Waals surface area (Å²) in [6, 6.07) is 6.87. The molecule has 0 heterocycles. The molecule has 1 aromatic carbocycles.